The van der Waals surface area contributed by atoms with Crippen molar-refractivity contribution in [3.8, 4) is 0 Å². The number of likely N-dealkylation sites (tertiary alicyclic amines) is 1. The Morgan fingerprint density at radius 2 is 2.00 bits per heavy atom. The molecular weight excluding hydrogens is 219 g/mol. The van der Waals surface area contributed by atoms with Gasteiger partial charge in [0, 0.05) is 32.0 Å². The minimum absolute atomic E-state index is 0.00250. The van der Waals surface area contributed by atoms with Crippen molar-refractivity contribution in [2.45, 2.75) is 25.3 Å². The average Bonchev–Trinajstić information content (AvgIpc) is 2.29. The van der Waals surface area contributed by atoms with Crippen molar-refractivity contribution in [3.63, 3.8) is 0 Å². The fraction of sp³-hybridized carbons (Fsp3) is 0.462. The van der Waals surface area contributed by atoms with Crippen LogP contribution in [0.5, 0.6) is 0 Å². The van der Waals surface area contributed by atoms with Gasteiger partial charge in [0.05, 0.1) is 0 Å². The molecule has 1 aliphatic heterocycles. The number of nitrogens with zero attached hydrogens (tertiary/aromatic N) is 1. The molecule has 1 saturated heterocycles. The Balaban J connectivity index is 2.15. The normalized spacial score (nSPS) is 24.8. The number of halogens is 1. The molecule has 3 nitrogen and oxygen atoms in total. The number of nitrogens with two attached hydrogens (primary N) is 1. The molecule has 92 valence electrons. The summed E-state index contributed by atoms with van der Waals surface area (Å²) in [6.45, 7) is 2.85. The molecule has 0 radical (unpaired) electrons. The van der Waals surface area contributed by atoms with Gasteiger partial charge in [-0.05, 0) is 24.1 Å². The molecule has 2 N–H and O–H groups in total. The van der Waals surface area contributed by atoms with Crippen molar-refractivity contribution in [2.24, 2.45) is 5.73 Å². The summed E-state index contributed by atoms with van der Waals surface area (Å²) in [5.41, 5.74) is 7.00. The van der Waals surface area contributed by atoms with E-state index in [2.05, 4.69) is 0 Å². The van der Waals surface area contributed by atoms with Crippen molar-refractivity contribution in [3.05, 3.63) is 35.6 Å². The van der Waals surface area contributed by atoms with Crippen LogP contribution in [0.4, 0.5) is 4.39 Å². The molecular formula is C13H17FN2O. The van der Waals surface area contributed by atoms with Gasteiger partial charge in [-0.2, -0.15) is 0 Å². The maximum Gasteiger partial charge on any atom is 0.219 e. The van der Waals surface area contributed by atoms with E-state index in [9.17, 15) is 9.18 Å². The van der Waals surface area contributed by atoms with Gasteiger partial charge in [0.1, 0.15) is 5.82 Å². The molecule has 2 rings (SSSR count). The molecule has 1 heterocycles. The van der Waals surface area contributed by atoms with E-state index in [-0.39, 0.29) is 23.7 Å². The Morgan fingerprint density at radius 3 is 2.59 bits per heavy atom. The summed E-state index contributed by atoms with van der Waals surface area (Å²) in [5, 5.41) is 0. The summed E-state index contributed by atoms with van der Waals surface area (Å²) in [4.78, 5) is 13.2. The third kappa shape index (κ3) is 2.82. The highest BCUT2D eigenvalue weighted by atomic mass is 19.1. The summed E-state index contributed by atoms with van der Waals surface area (Å²) in [7, 11) is 0. The van der Waals surface area contributed by atoms with Crippen LogP contribution in [0.2, 0.25) is 0 Å². The standard InChI is InChI=1S/C13H17FN2O/c1-9(17)16-7-11(6-13(15)8-16)10-2-4-12(14)5-3-10/h2-5,11,13H,6-8,15H2,1H3. The van der Waals surface area contributed by atoms with Crippen molar-refractivity contribution >= 4 is 5.91 Å². The lowest BCUT2D eigenvalue weighted by Gasteiger charge is -2.36. The lowest BCUT2D eigenvalue weighted by molar-refractivity contribution is -0.130. The molecule has 1 aliphatic rings. The third-order valence-electron chi connectivity index (χ3n) is 3.27. The summed E-state index contributed by atoms with van der Waals surface area (Å²) in [6.07, 6.45) is 0.843. The third-order valence-corrected chi connectivity index (χ3v) is 3.27. The van der Waals surface area contributed by atoms with Gasteiger partial charge in [-0.15, -0.1) is 0 Å². The first kappa shape index (κ1) is 12.0. The Morgan fingerprint density at radius 1 is 1.35 bits per heavy atom. The Labute approximate surface area is 100 Å². The number of piperidine rings is 1. The van der Waals surface area contributed by atoms with Crippen LogP contribution < -0.4 is 5.73 Å². The molecule has 0 saturated carbocycles. The summed E-state index contributed by atoms with van der Waals surface area (Å²) < 4.78 is 12.8. The van der Waals surface area contributed by atoms with Gasteiger partial charge < -0.3 is 10.6 Å². The predicted molar refractivity (Wildman–Crippen MR) is 64.0 cm³/mol. The molecule has 2 unspecified atom stereocenters. The summed E-state index contributed by atoms with van der Waals surface area (Å²) >= 11 is 0. The fourth-order valence-electron chi connectivity index (χ4n) is 2.37. The molecule has 0 aliphatic carbocycles. The van der Waals surface area contributed by atoms with E-state index in [0.717, 1.165) is 12.0 Å². The Hall–Kier alpha value is -1.42. The Kier molecular flexibility index (Phi) is 3.43. The van der Waals surface area contributed by atoms with E-state index in [1.807, 2.05) is 0 Å². The zero-order valence-electron chi connectivity index (χ0n) is 9.90. The van der Waals surface area contributed by atoms with Gasteiger partial charge in [0.25, 0.3) is 0 Å². The van der Waals surface area contributed by atoms with E-state index >= 15 is 0 Å². The number of benzene rings is 1. The highest BCUT2D eigenvalue weighted by molar-refractivity contribution is 5.73. The van der Waals surface area contributed by atoms with Crippen LogP contribution in [0.25, 0.3) is 0 Å². The number of hydrogen-bond donors (Lipinski definition) is 1. The number of rotatable bonds is 1. The zero-order valence-corrected chi connectivity index (χ0v) is 9.90. The monoisotopic (exact) mass is 236 g/mol. The van der Waals surface area contributed by atoms with Crippen LogP contribution in [-0.2, 0) is 4.79 Å². The van der Waals surface area contributed by atoms with Gasteiger partial charge in [-0.3, -0.25) is 4.79 Å². The SMILES string of the molecule is CC(=O)N1CC(N)CC(c2ccc(F)cc2)C1. The van der Waals surface area contributed by atoms with E-state index < -0.39 is 0 Å². The van der Waals surface area contributed by atoms with Crippen LogP contribution in [0.15, 0.2) is 24.3 Å². The minimum Gasteiger partial charge on any atom is -0.341 e. The van der Waals surface area contributed by atoms with Crippen molar-refractivity contribution in [1.82, 2.24) is 4.90 Å². The zero-order chi connectivity index (χ0) is 12.4. The van der Waals surface area contributed by atoms with Crippen molar-refractivity contribution in [2.75, 3.05) is 13.1 Å². The lowest BCUT2D eigenvalue weighted by Crippen LogP contribution is -2.47. The molecule has 1 aromatic carbocycles. The number of carbonyl (C=O) groups excluding carboxylic acids is 1. The molecule has 2 atom stereocenters. The van der Waals surface area contributed by atoms with Gasteiger partial charge in [0.15, 0.2) is 0 Å². The molecule has 0 aromatic heterocycles. The van der Waals surface area contributed by atoms with Gasteiger partial charge in [-0.25, -0.2) is 4.39 Å². The maximum absolute atomic E-state index is 12.8. The highest BCUT2D eigenvalue weighted by Crippen LogP contribution is 2.26. The van der Waals surface area contributed by atoms with Gasteiger partial charge in [-0.1, -0.05) is 12.1 Å². The second-order valence-corrected chi connectivity index (χ2v) is 4.67. The predicted octanol–water partition coefficient (Wildman–Crippen LogP) is 1.49. The summed E-state index contributed by atoms with van der Waals surface area (Å²) in [6, 6.07) is 6.45. The molecule has 1 aromatic rings. The molecule has 4 heteroatoms. The average molecular weight is 236 g/mol. The molecule has 0 bridgehead atoms. The van der Waals surface area contributed by atoms with E-state index in [4.69, 9.17) is 5.73 Å². The Bertz CT molecular complexity index is 404. The van der Waals surface area contributed by atoms with Crippen LogP contribution in [0.1, 0.15) is 24.8 Å². The molecule has 1 amide bonds. The second kappa shape index (κ2) is 4.84. The van der Waals surface area contributed by atoms with Crippen LogP contribution in [0, 0.1) is 5.82 Å². The fourth-order valence-corrected chi connectivity index (χ4v) is 2.37. The number of hydrogen-bond acceptors (Lipinski definition) is 2. The number of carbonyl (C=O) groups is 1. The highest BCUT2D eigenvalue weighted by Gasteiger charge is 2.27. The topological polar surface area (TPSA) is 46.3 Å². The van der Waals surface area contributed by atoms with Crippen LogP contribution in [0.3, 0.4) is 0 Å². The smallest absolute Gasteiger partial charge is 0.219 e. The quantitative estimate of drug-likeness (QED) is 0.803. The van der Waals surface area contributed by atoms with Crippen LogP contribution in [-0.4, -0.2) is 29.9 Å². The van der Waals surface area contributed by atoms with E-state index in [0.29, 0.717) is 13.1 Å². The first-order valence-corrected chi connectivity index (χ1v) is 5.83. The minimum atomic E-state index is -0.239. The van der Waals surface area contributed by atoms with Crippen LogP contribution >= 0.6 is 0 Å². The molecule has 17 heavy (non-hydrogen) atoms. The van der Waals surface area contributed by atoms with E-state index in [1.54, 1.807) is 24.0 Å². The first-order chi connectivity index (χ1) is 8.06. The number of amides is 1. The summed E-state index contributed by atoms with van der Waals surface area (Å²) in [5.74, 6) is 0.0211. The van der Waals surface area contributed by atoms with Gasteiger partial charge in [0.2, 0.25) is 5.91 Å². The molecule has 0 spiro atoms. The van der Waals surface area contributed by atoms with Gasteiger partial charge >= 0.3 is 0 Å². The maximum atomic E-state index is 12.8. The van der Waals surface area contributed by atoms with Crippen molar-refractivity contribution in [1.29, 1.82) is 0 Å². The molecule has 1 fully saturated rings. The lowest BCUT2D eigenvalue weighted by atomic mass is 9.88. The second-order valence-electron chi connectivity index (χ2n) is 4.67. The largest absolute Gasteiger partial charge is 0.341 e. The first-order valence-electron chi connectivity index (χ1n) is 5.83. The van der Waals surface area contributed by atoms with E-state index in [1.165, 1.54) is 12.1 Å². The van der Waals surface area contributed by atoms with Crippen molar-refractivity contribution < 1.29 is 9.18 Å².